The molecule has 0 bridgehead atoms. The van der Waals surface area contributed by atoms with E-state index in [2.05, 4.69) is 33.5 Å². The van der Waals surface area contributed by atoms with Crippen LogP contribution in [0.15, 0.2) is 48.8 Å². The molecular weight excluding hydrogens is 474 g/mol. The number of aryl methyl sites for hydroxylation is 4. The zero-order valence-corrected chi connectivity index (χ0v) is 22.4. The van der Waals surface area contributed by atoms with Gasteiger partial charge < -0.3 is 19.1 Å². The molecule has 0 unspecified atom stereocenters. The lowest BCUT2D eigenvalue weighted by atomic mass is 9.93. The minimum atomic E-state index is -0.877. The summed E-state index contributed by atoms with van der Waals surface area (Å²) in [5, 5.41) is 12.0. The van der Waals surface area contributed by atoms with E-state index in [-0.39, 0.29) is 6.61 Å². The van der Waals surface area contributed by atoms with Crippen LogP contribution < -0.4 is 9.47 Å². The molecule has 0 radical (unpaired) electrons. The van der Waals surface area contributed by atoms with Gasteiger partial charge in [-0.1, -0.05) is 30.7 Å². The second-order valence-corrected chi connectivity index (χ2v) is 10.3. The smallest absolute Gasteiger partial charge is 0.120 e. The van der Waals surface area contributed by atoms with Gasteiger partial charge in [0.2, 0.25) is 0 Å². The Labute approximate surface area is 219 Å². The maximum Gasteiger partial charge on any atom is 0.120 e. The number of aliphatic hydroxyl groups is 1. The van der Waals surface area contributed by atoms with Crippen molar-refractivity contribution in [2.45, 2.75) is 65.1 Å². The first-order valence-corrected chi connectivity index (χ1v) is 13.3. The summed E-state index contributed by atoms with van der Waals surface area (Å²) in [5.74, 6) is 2.75. The average molecular weight is 512 g/mol. The number of piperidine rings is 1. The summed E-state index contributed by atoms with van der Waals surface area (Å²) in [5.41, 5.74) is 2.28. The van der Waals surface area contributed by atoms with Gasteiger partial charge in [-0.05, 0) is 80.6 Å². The molecule has 6 nitrogen and oxygen atoms in total. The van der Waals surface area contributed by atoms with Crippen molar-refractivity contribution in [3.63, 3.8) is 0 Å². The Morgan fingerprint density at radius 3 is 2.69 bits per heavy atom. The van der Waals surface area contributed by atoms with E-state index in [4.69, 9.17) is 21.1 Å². The lowest BCUT2D eigenvalue weighted by Crippen LogP contribution is -2.51. The minimum Gasteiger partial charge on any atom is -0.494 e. The van der Waals surface area contributed by atoms with Crippen LogP contribution in [-0.4, -0.2) is 51.5 Å². The molecule has 1 saturated heterocycles. The van der Waals surface area contributed by atoms with Crippen molar-refractivity contribution in [2.75, 3.05) is 26.3 Å². The highest BCUT2D eigenvalue weighted by atomic mass is 35.5. The number of β-amino-alcohol motifs (C(OH)–C–C–N with tert-alkyl or cyclic N) is 1. The SMILES string of the molecule is CCc1nccn1CCCOc1cccc(CN2CCC[C@](O)(COc3cc(C)c(Cl)c(C)c3)C2)c1. The number of hydrogen-bond donors (Lipinski definition) is 1. The first kappa shape index (κ1) is 26.5. The Hall–Kier alpha value is -2.54. The fourth-order valence-corrected chi connectivity index (χ4v) is 5.05. The van der Waals surface area contributed by atoms with Gasteiger partial charge in [-0.2, -0.15) is 0 Å². The fraction of sp³-hybridized carbons (Fsp3) is 0.483. The number of benzene rings is 2. The summed E-state index contributed by atoms with van der Waals surface area (Å²) in [7, 11) is 0. The topological polar surface area (TPSA) is 59.8 Å². The van der Waals surface area contributed by atoms with Gasteiger partial charge in [-0.3, -0.25) is 4.90 Å². The van der Waals surface area contributed by atoms with E-state index in [0.717, 1.165) is 78.8 Å². The molecule has 1 aliphatic heterocycles. The fourth-order valence-electron chi connectivity index (χ4n) is 4.94. The summed E-state index contributed by atoms with van der Waals surface area (Å²) < 4.78 is 14.2. The maximum atomic E-state index is 11.3. The van der Waals surface area contributed by atoms with Crippen LogP contribution in [0.25, 0.3) is 0 Å². The van der Waals surface area contributed by atoms with E-state index in [1.807, 2.05) is 50.5 Å². The Morgan fingerprint density at radius 1 is 1.11 bits per heavy atom. The highest BCUT2D eigenvalue weighted by Crippen LogP contribution is 2.28. The quantitative estimate of drug-likeness (QED) is 0.340. The monoisotopic (exact) mass is 511 g/mol. The number of hydrogen-bond acceptors (Lipinski definition) is 5. The van der Waals surface area contributed by atoms with Crippen molar-refractivity contribution in [1.29, 1.82) is 0 Å². The number of imidazole rings is 1. The summed E-state index contributed by atoms with van der Waals surface area (Å²) >= 11 is 6.28. The summed E-state index contributed by atoms with van der Waals surface area (Å²) in [4.78, 5) is 6.67. The molecule has 0 saturated carbocycles. The van der Waals surface area contributed by atoms with Crippen molar-refractivity contribution in [3.05, 3.63) is 76.3 Å². The third-order valence-electron chi connectivity index (χ3n) is 6.79. The Balaban J connectivity index is 1.27. The van der Waals surface area contributed by atoms with E-state index in [1.165, 1.54) is 5.56 Å². The molecule has 1 atom stereocenters. The normalized spacial score (nSPS) is 18.4. The van der Waals surface area contributed by atoms with Crippen LogP contribution in [0.2, 0.25) is 5.02 Å². The second kappa shape index (κ2) is 12.1. The van der Waals surface area contributed by atoms with Crippen LogP contribution >= 0.6 is 11.6 Å². The molecule has 4 rings (SSSR count). The van der Waals surface area contributed by atoms with Crippen LogP contribution in [-0.2, 0) is 19.5 Å². The molecule has 0 aliphatic carbocycles. The Bertz CT molecular complexity index is 1130. The number of halogens is 1. The lowest BCUT2D eigenvalue weighted by molar-refractivity contribution is -0.0621. The number of aromatic nitrogens is 2. The van der Waals surface area contributed by atoms with Gasteiger partial charge in [0, 0.05) is 43.5 Å². The predicted octanol–water partition coefficient (Wildman–Crippen LogP) is 5.59. The zero-order valence-electron chi connectivity index (χ0n) is 21.7. The number of ether oxygens (including phenoxy) is 2. The average Bonchev–Trinajstić information content (AvgIpc) is 3.32. The third kappa shape index (κ3) is 7.02. The van der Waals surface area contributed by atoms with Crippen LogP contribution in [0.3, 0.4) is 0 Å². The van der Waals surface area contributed by atoms with Crippen molar-refractivity contribution in [2.24, 2.45) is 0 Å². The van der Waals surface area contributed by atoms with Gasteiger partial charge >= 0.3 is 0 Å². The van der Waals surface area contributed by atoms with Gasteiger partial charge in [0.15, 0.2) is 0 Å². The van der Waals surface area contributed by atoms with E-state index in [1.54, 1.807) is 0 Å². The van der Waals surface area contributed by atoms with Gasteiger partial charge in [-0.25, -0.2) is 4.98 Å². The Morgan fingerprint density at radius 2 is 1.92 bits per heavy atom. The van der Waals surface area contributed by atoms with Crippen LogP contribution in [0.4, 0.5) is 0 Å². The molecule has 2 heterocycles. The highest BCUT2D eigenvalue weighted by Gasteiger charge is 2.34. The molecule has 1 aliphatic rings. The molecule has 1 aromatic heterocycles. The minimum absolute atomic E-state index is 0.268. The molecule has 36 heavy (non-hydrogen) atoms. The molecule has 0 amide bonds. The predicted molar refractivity (Wildman–Crippen MR) is 144 cm³/mol. The number of nitrogens with zero attached hydrogens (tertiary/aromatic N) is 3. The van der Waals surface area contributed by atoms with Crippen LogP contribution in [0, 0.1) is 13.8 Å². The molecular formula is C29H38ClN3O3. The van der Waals surface area contributed by atoms with Gasteiger partial charge in [0.1, 0.15) is 29.5 Å². The molecule has 194 valence electrons. The molecule has 1 fully saturated rings. The maximum absolute atomic E-state index is 11.3. The van der Waals surface area contributed by atoms with Crippen molar-refractivity contribution < 1.29 is 14.6 Å². The first-order valence-electron chi connectivity index (χ1n) is 12.9. The van der Waals surface area contributed by atoms with E-state index in [9.17, 15) is 5.11 Å². The zero-order chi connectivity index (χ0) is 25.5. The second-order valence-electron chi connectivity index (χ2n) is 9.94. The molecule has 7 heteroatoms. The largest absolute Gasteiger partial charge is 0.494 e. The van der Waals surface area contributed by atoms with Crippen LogP contribution in [0.5, 0.6) is 11.5 Å². The van der Waals surface area contributed by atoms with Gasteiger partial charge in [0.25, 0.3) is 0 Å². The molecule has 0 spiro atoms. The van der Waals surface area contributed by atoms with Crippen molar-refractivity contribution in [3.8, 4) is 11.5 Å². The first-order chi connectivity index (χ1) is 17.3. The van der Waals surface area contributed by atoms with E-state index >= 15 is 0 Å². The van der Waals surface area contributed by atoms with Crippen molar-refractivity contribution in [1.82, 2.24) is 14.5 Å². The summed E-state index contributed by atoms with van der Waals surface area (Å²) in [6.45, 7) is 10.2. The number of likely N-dealkylation sites (tertiary alicyclic amines) is 1. The van der Waals surface area contributed by atoms with Gasteiger partial charge in [-0.15, -0.1) is 0 Å². The van der Waals surface area contributed by atoms with E-state index in [0.29, 0.717) is 13.2 Å². The van der Waals surface area contributed by atoms with Gasteiger partial charge in [0.05, 0.1) is 6.61 Å². The third-order valence-corrected chi connectivity index (χ3v) is 7.38. The number of rotatable bonds is 11. The lowest BCUT2D eigenvalue weighted by Gasteiger charge is -2.39. The summed E-state index contributed by atoms with van der Waals surface area (Å²) in [6.07, 6.45) is 7.42. The van der Waals surface area contributed by atoms with Crippen molar-refractivity contribution >= 4 is 11.6 Å². The molecule has 1 N–H and O–H groups in total. The summed E-state index contributed by atoms with van der Waals surface area (Å²) in [6, 6.07) is 12.1. The standard InChI is InChI=1S/C29H38ClN3O3/c1-4-27-31-11-14-33(27)13-7-15-35-25-9-5-8-24(18-25)19-32-12-6-10-29(34,20-32)21-36-26-16-22(2)28(30)23(3)17-26/h5,8-9,11,14,16-18,34H,4,6-7,10,12-13,15,19-21H2,1-3H3/t29-/m1/s1. The van der Waals surface area contributed by atoms with E-state index < -0.39 is 5.60 Å². The molecule has 3 aromatic rings. The Kier molecular flexibility index (Phi) is 8.94. The highest BCUT2D eigenvalue weighted by molar-refractivity contribution is 6.32. The molecule has 2 aromatic carbocycles. The van der Waals surface area contributed by atoms with Crippen LogP contribution in [0.1, 0.15) is 48.7 Å².